The van der Waals surface area contributed by atoms with Crippen LogP contribution in [0, 0.1) is 11.8 Å². The van der Waals surface area contributed by atoms with Crippen LogP contribution in [0.15, 0.2) is 78.9 Å². The highest BCUT2D eigenvalue weighted by Crippen LogP contribution is 2.32. The number of amides is 4. The number of ether oxygens (including phenoxy) is 6. The Kier molecular flexibility index (Phi) is 28.7. The van der Waals surface area contributed by atoms with Crippen LogP contribution in [0.3, 0.4) is 0 Å². The van der Waals surface area contributed by atoms with Gasteiger partial charge in [0.05, 0.1) is 23.8 Å². The first-order valence-electron chi connectivity index (χ1n) is 30.1. The summed E-state index contributed by atoms with van der Waals surface area (Å²) in [6.07, 6.45) is -19.6. The van der Waals surface area contributed by atoms with Gasteiger partial charge in [-0.1, -0.05) is 82.3 Å². The smallest absolute Gasteiger partial charge is 0.416 e. The molecule has 3 aromatic carbocycles. The Balaban J connectivity index is 2.02. The molecule has 0 heterocycles. The minimum atomic E-state index is -4.75. The minimum absolute atomic E-state index is 0.0129. The zero-order chi connectivity index (χ0) is 70.2. The van der Waals surface area contributed by atoms with Crippen LogP contribution in [0.2, 0.25) is 0 Å². The highest BCUT2D eigenvalue weighted by Gasteiger charge is 2.43. The average Bonchev–Trinajstić information content (AvgIpc) is 1.03. The van der Waals surface area contributed by atoms with Crippen LogP contribution in [0.5, 0.6) is 0 Å². The number of likely N-dealkylation sites (N-methyl/N-ethyl adjacent to an activating group) is 4. The second kappa shape index (κ2) is 33.5. The van der Waals surface area contributed by atoms with E-state index < -0.39 is 175 Å². The predicted molar refractivity (Wildman–Crippen MR) is 323 cm³/mol. The second-order valence-electron chi connectivity index (χ2n) is 26.0. The Bertz CT molecular complexity index is 2930. The molecule has 0 aromatic heterocycles. The summed E-state index contributed by atoms with van der Waals surface area (Å²) < 4.78 is 147. The van der Waals surface area contributed by atoms with Crippen LogP contribution in [0.1, 0.15) is 144 Å². The van der Waals surface area contributed by atoms with E-state index in [4.69, 9.17) is 28.4 Å². The molecule has 0 spiro atoms. The second-order valence-corrected chi connectivity index (χ2v) is 26.0. The Morgan fingerprint density at radius 3 is 1.27 bits per heavy atom. The van der Waals surface area contributed by atoms with Crippen LogP contribution >= 0.6 is 0 Å². The van der Waals surface area contributed by atoms with Crippen molar-refractivity contribution in [1.29, 1.82) is 0 Å². The number of halogens is 8. The number of nitrogens with zero attached hydrogens (tertiary/aromatic N) is 4. The molecule has 0 aliphatic heterocycles. The monoisotopic (exact) mass is 1310 g/mol. The topological polar surface area (TPSA) is 205 Å². The van der Waals surface area contributed by atoms with Crippen LogP contribution in [0.25, 0.3) is 0 Å². The third kappa shape index (κ3) is 26.0. The number of benzene rings is 3. The molecule has 3 aromatic rings. The molecule has 3 rings (SSSR count). The Labute approximate surface area is 533 Å². The molecular weight excluding hydrogens is 1220 g/mol. The fourth-order valence-electron chi connectivity index (χ4n) is 9.49. The summed E-state index contributed by atoms with van der Waals surface area (Å²) in [4.78, 5) is 116. The molecule has 0 N–H and O–H groups in total. The van der Waals surface area contributed by atoms with Gasteiger partial charge in [-0.15, -0.1) is 0 Å². The molecule has 0 unspecified atom stereocenters. The predicted octanol–water partition coefficient (Wildman–Crippen LogP) is 11.5. The quantitative estimate of drug-likeness (QED) is 0.0334. The molecule has 8 atom stereocenters. The number of esters is 4. The van der Waals surface area contributed by atoms with Gasteiger partial charge in [0.15, 0.2) is 18.3 Å². The first-order chi connectivity index (χ1) is 42.2. The van der Waals surface area contributed by atoms with Crippen molar-refractivity contribution in [2.75, 3.05) is 34.8 Å². The lowest BCUT2D eigenvalue weighted by Crippen LogP contribution is -2.53. The number of carbonyl (C=O) groups is 8. The van der Waals surface area contributed by atoms with E-state index in [1.807, 2.05) is 0 Å². The normalized spacial score (nSPS) is 14.9. The molecule has 0 aliphatic carbocycles. The first-order valence-corrected chi connectivity index (χ1v) is 30.1. The summed E-state index contributed by atoms with van der Waals surface area (Å²) in [5.41, 5.74) is -6.46. The van der Waals surface area contributed by atoms with Crippen molar-refractivity contribution in [3.05, 3.63) is 107 Å². The number of alkyl halides is 8. The van der Waals surface area contributed by atoms with Gasteiger partial charge in [-0.3, -0.25) is 19.3 Å². The van der Waals surface area contributed by atoms with Crippen LogP contribution < -0.4 is 0 Å². The maximum atomic E-state index is 15.9. The summed E-state index contributed by atoms with van der Waals surface area (Å²) in [5.74, 6) is -8.02. The molecule has 0 aliphatic rings. The lowest BCUT2D eigenvalue weighted by molar-refractivity contribution is -0.173. The van der Waals surface area contributed by atoms with E-state index in [0.29, 0.717) is 5.56 Å². The highest BCUT2D eigenvalue weighted by molar-refractivity contribution is 5.91. The van der Waals surface area contributed by atoms with Gasteiger partial charge in [0.1, 0.15) is 47.8 Å². The number of rotatable bonds is 31. The zero-order valence-corrected chi connectivity index (χ0v) is 55.5. The Hall–Kier alpha value is -7.38. The van der Waals surface area contributed by atoms with Crippen LogP contribution in [-0.4, -0.2) is 168 Å². The first kappa shape index (κ1) is 78.9. The summed E-state index contributed by atoms with van der Waals surface area (Å²) in [6.45, 7) is 17.8. The molecule has 26 heteroatoms. The van der Waals surface area contributed by atoms with Crippen LogP contribution in [-0.2, 0) is 93.8 Å². The van der Waals surface area contributed by atoms with Gasteiger partial charge < -0.3 is 43.1 Å². The number of hydrogen-bond acceptors (Lipinski definition) is 14. The summed E-state index contributed by atoms with van der Waals surface area (Å²) in [7, 11) is 4.77. The standard InChI is InChI=1S/C66H90F8N4O14/c1-39(2)31-49(77(16)56(81)53(34-44-25-29-47(30-26-44)66(72,73)74)91-60(85)51(36-64(12,13)68)78(17)61(86)92-62(7,8)9)58(83)89-41(5)54(79)75(14)48(35-63(10,11)67)38-87-52(33-43-23-27-46(28-24-43)65(69,70)71)55(80)76(15)50(32-40(3)4)59(84)90-42(6)57(82)88-37-45-21-19-18-20-22-45/h18-30,39-42,48-53H,31-38H2,1-17H3/t41-,42-,48+,49+,50+,51+,52-,53-/m1/s1. The lowest BCUT2D eigenvalue weighted by Gasteiger charge is -2.36. The van der Waals surface area contributed by atoms with Gasteiger partial charge in [-0.05, 0) is 128 Å². The van der Waals surface area contributed by atoms with Crippen molar-refractivity contribution >= 4 is 47.7 Å². The largest absolute Gasteiger partial charge is 0.458 e. The highest BCUT2D eigenvalue weighted by atomic mass is 19.4. The van der Waals surface area contributed by atoms with Gasteiger partial charge >= 0.3 is 42.3 Å². The third-order valence-electron chi connectivity index (χ3n) is 14.5. The third-order valence-corrected chi connectivity index (χ3v) is 14.5. The molecule has 0 radical (unpaired) electrons. The zero-order valence-electron chi connectivity index (χ0n) is 55.5. The van der Waals surface area contributed by atoms with Crippen molar-refractivity contribution in [2.24, 2.45) is 11.8 Å². The minimum Gasteiger partial charge on any atom is -0.458 e. The van der Waals surface area contributed by atoms with Gasteiger partial charge in [0, 0.05) is 53.9 Å². The summed E-state index contributed by atoms with van der Waals surface area (Å²) >= 11 is 0. The van der Waals surface area contributed by atoms with E-state index in [1.54, 1.807) is 78.8 Å². The van der Waals surface area contributed by atoms with Crippen molar-refractivity contribution in [3.8, 4) is 0 Å². The Morgan fingerprint density at radius 1 is 0.446 bits per heavy atom. The van der Waals surface area contributed by atoms with E-state index in [2.05, 4.69) is 0 Å². The fourth-order valence-corrected chi connectivity index (χ4v) is 9.49. The van der Waals surface area contributed by atoms with E-state index in [-0.39, 0.29) is 36.5 Å². The molecule has 0 bridgehead atoms. The van der Waals surface area contributed by atoms with E-state index in [0.717, 1.165) is 96.1 Å². The van der Waals surface area contributed by atoms with Gasteiger partial charge in [0.25, 0.3) is 17.7 Å². The molecule has 18 nitrogen and oxygen atoms in total. The lowest BCUT2D eigenvalue weighted by atomic mass is 9.99. The molecular formula is C66H90F8N4O14. The molecule has 0 saturated carbocycles. The number of hydrogen-bond donors (Lipinski definition) is 0. The van der Waals surface area contributed by atoms with Crippen molar-refractivity contribution < 1.29 is 102 Å². The van der Waals surface area contributed by atoms with Gasteiger partial charge in [-0.25, -0.2) is 32.8 Å². The summed E-state index contributed by atoms with van der Waals surface area (Å²) in [6, 6.07) is 10.1. The maximum Gasteiger partial charge on any atom is 0.416 e. The van der Waals surface area contributed by atoms with Crippen molar-refractivity contribution in [1.82, 2.24) is 19.6 Å². The molecule has 4 amide bonds. The maximum absolute atomic E-state index is 15.9. The average molecular weight is 1320 g/mol. The van der Waals surface area contributed by atoms with E-state index >= 15 is 8.78 Å². The van der Waals surface area contributed by atoms with Gasteiger partial charge in [0.2, 0.25) is 0 Å². The van der Waals surface area contributed by atoms with E-state index in [9.17, 15) is 64.7 Å². The van der Waals surface area contributed by atoms with Crippen molar-refractivity contribution in [2.45, 2.75) is 213 Å². The fraction of sp³-hybridized carbons (Fsp3) is 0.606. The number of carbonyl (C=O) groups excluding carboxylic acids is 8. The Morgan fingerprint density at radius 2 is 0.859 bits per heavy atom. The molecule has 92 heavy (non-hydrogen) atoms. The molecule has 514 valence electrons. The van der Waals surface area contributed by atoms with E-state index in [1.165, 1.54) is 41.8 Å². The van der Waals surface area contributed by atoms with Gasteiger partial charge in [-0.2, -0.15) is 26.3 Å². The summed E-state index contributed by atoms with van der Waals surface area (Å²) in [5, 5.41) is 0. The molecule has 0 saturated heterocycles. The van der Waals surface area contributed by atoms with Crippen molar-refractivity contribution in [3.63, 3.8) is 0 Å². The van der Waals surface area contributed by atoms with Crippen LogP contribution in [0.4, 0.5) is 39.9 Å². The molecule has 0 fully saturated rings. The SMILES string of the molecule is CC(C)C[C@@H](C(=O)O[C@H](C)C(=O)OCc1ccccc1)N(C)C(=O)[C@@H](Cc1ccc(C(F)(F)F)cc1)OC[C@H](CC(C)(C)F)N(C)C(=O)[C@@H](C)OC(=O)[C@H](CC(C)C)N(C)C(=O)[C@@H](Cc1ccc(C(F)(F)F)cc1)OC(=O)[C@H](CC(C)(C)F)N(C)C(=O)OC(C)(C)C.